The first-order valence-corrected chi connectivity index (χ1v) is 6.01. The number of nitriles is 1. The second kappa shape index (κ2) is 5.15. The zero-order valence-corrected chi connectivity index (χ0v) is 10.3. The molecule has 2 heterocycles. The van der Waals surface area contributed by atoms with E-state index in [0.717, 1.165) is 6.42 Å². The van der Waals surface area contributed by atoms with Crippen LogP contribution in [0.1, 0.15) is 29.4 Å². The van der Waals surface area contributed by atoms with E-state index >= 15 is 0 Å². The number of piperidine rings is 1. The van der Waals surface area contributed by atoms with Crippen LogP contribution in [-0.4, -0.2) is 34.9 Å². The predicted octanol–water partition coefficient (Wildman–Crippen LogP) is 0.763. The van der Waals surface area contributed by atoms with Crippen molar-refractivity contribution in [3.8, 4) is 6.07 Å². The molecule has 1 amide bonds. The summed E-state index contributed by atoms with van der Waals surface area (Å²) in [5.41, 5.74) is 6.74. The minimum Gasteiger partial charge on any atom is -0.335 e. The summed E-state index contributed by atoms with van der Waals surface area (Å²) in [5, 5.41) is 8.68. The molecular formula is C13H16N4O. The van der Waals surface area contributed by atoms with Gasteiger partial charge >= 0.3 is 0 Å². The molecule has 1 saturated heterocycles. The molecule has 2 rings (SSSR count). The standard InChI is InChI=1S/C13H16N4O/c1-9-4-11(15)8-17(7-9)13(18)12-3-2-10(5-14)6-16-12/h2-3,6,9,11H,4,7-8,15H2,1H3. The molecule has 5 heteroatoms. The highest BCUT2D eigenvalue weighted by molar-refractivity contribution is 5.92. The van der Waals surface area contributed by atoms with Crippen LogP contribution in [0.15, 0.2) is 18.3 Å². The summed E-state index contributed by atoms with van der Waals surface area (Å²) in [5.74, 6) is 0.303. The number of nitrogens with zero attached hydrogens (tertiary/aromatic N) is 3. The fourth-order valence-electron chi connectivity index (χ4n) is 2.31. The lowest BCUT2D eigenvalue weighted by molar-refractivity contribution is 0.0655. The molecule has 2 N–H and O–H groups in total. The van der Waals surface area contributed by atoms with E-state index < -0.39 is 0 Å². The predicted molar refractivity (Wildman–Crippen MR) is 66.6 cm³/mol. The van der Waals surface area contributed by atoms with Crippen molar-refractivity contribution in [3.63, 3.8) is 0 Å². The molecule has 0 radical (unpaired) electrons. The molecule has 5 nitrogen and oxygen atoms in total. The molecule has 1 aromatic rings. The average Bonchev–Trinajstić information content (AvgIpc) is 2.37. The Morgan fingerprint density at radius 2 is 2.33 bits per heavy atom. The Labute approximate surface area is 106 Å². The third-order valence-corrected chi connectivity index (χ3v) is 3.09. The van der Waals surface area contributed by atoms with Gasteiger partial charge in [0.1, 0.15) is 11.8 Å². The lowest BCUT2D eigenvalue weighted by Crippen LogP contribution is -2.49. The van der Waals surface area contributed by atoms with Gasteiger partial charge in [-0.25, -0.2) is 4.98 Å². The van der Waals surface area contributed by atoms with E-state index in [2.05, 4.69) is 11.9 Å². The Bertz CT molecular complexity index is 467. The van der Waals surface area contributed by atoms with Crippen LogP contribution in [0.2, 0.25) is 0 Å². The van der Waals surface area contributed by atoms with Gasteiger partial charge in [-0.15, -0.1) is 0 Å². The molecule has 94 valence electrons. The summed E-state index contributed by atoms with van der Waals surface area (Å²) < 4.78 is 0. The number of rotatable bonds is 1. The highest BCUT2D eigenvalue weighted by Crippen LogP contribution is 2.16. The molecule has 1 aliphatic rings. The highest BCUT2D eigenvalue weighted by Gasteiger charge is 2.26. The lowest BCUT2D eigenvalue weighted by Gasteiger charge is -2.34. The minimum atomic E-state index is -0.110. The van der Waals surface area contributed by atoms with E-state index in [4.69, 9.17) is 11.0 Å². The summed E-state index contributed by atoms with van der Waals surface area (Å²) in [6.07, 6.45) is 2.37. The summed E-state index contributed by atoms with van der Waals surface area (Å²) in [6, 6.07) is 5.21. The molecule has 18 heavy (non-hydrogen) atoms. The van der Waals surface area contributed by atoms with E-state index in [-0.39, 0.29) is 11.9 Å². The molecule has 1 fully saturated rings. The second-order valence-corrected chi connectivity index (χ2v) is 4.86. The maximum atomic E-state index is 12.2. The van der Waals surface area contributed by atoms with Crippen molar-refractivity contribution < 1.29 is 4.79 Å². The van der Waals surface area contributed by atoms with E-state index in [1.165, 1.54) is 6.20 Å². The van der Waals surface area contributed by atoms with Gasteiger partial charge in [-0.2, -0.15) is 5.26 Å². The first kappa shape index (κ1) is 12.5. The third-order valence-electron chi connectivity index (χ3n) is 3.09. The maximum Gasteiger partial charge on any atom is 0.272 e. The van der Waals surface area contributed by atoms with E-state index in [1.807, 2.05) is 6.07 Å². The van der Waals surface area contributed by atoms with Crippen molar-refractivity contribution >= 4 is 5.91 Å². The van der Waals surface area contributed by atoms with Crippen LogP contribution in [-0.2, 0) is 0 Å². The molecule has 1 aromatic heterocycles. The first-order chi connectivity index (χ1) is 8.60. The fraction of sp³-hybridized carbons (Fsp3) is 0.462. The van der Waals surface area contributed by atoms with Crippen LogP contribution >= 0.6 is 0 Å². The van der Waals surface area contributed by atoms with Gasteiger partial charge in [-0.05, 0) is 24.5 Å². The second-order valence-electron chi connectivity index (χ2n) is 4.86. The van der Waals surface area contributed by atoms with Crippen LogP contribution in [0.3, 0.4) is 0 Å². The Morgan fingerprint density at radius 1 is 1.56 bits per heavy atom. The molecule has 0 aliphatic carbocycles. The molecule has 0 spiro atoms. The molecule has 2 atom stereocenters. The van der Waals surface area contributed by atoms with Gasteiger partial charge < -0.3 is 10.6 Å². The lowest BCUT2D eigenvalue weighted by atomic mass is 9.96. The SMILES string of the molecule is CC1CC(N)CN(C(=O)c2ccc(C#N)cn2)C1. The zero-order valence-electron chi connectivity index (χ0n) is 10.3. The van der Waals surface area contributed by atoms with Crippen molar-refractivity contribution in [2.45, 2.75) is 19.4 Å². The van der Waals surface area contributed by atoms with Gasteiger partial charge in [-0.1, -0.05) is 6.92 Å². The molecular weight excluding hydrogens is 228 g/mol. The monoisotopic (exact) mass is 244 g/mol. The number of amides is 1. The average molecular weight is 244 g/mol. The van der Waals surface area contributed by atoms with Gasteiger partial charge in [0.25, 0.3) is 5.91 Å². The minimum absolute atomic E-state index is 0.0380. The van der Waals surface area contributed by atoms with Gasteiger partial charge in [0.2, 0.25) is 0 Å². The molecule has 0 saturated carbocycles. The van der Waals surface area contributed by atoms with Crippen LogP contribution in [0.5, 0.6) is 0 Å². The van der Waals surface area contributed by atoms with Crippen LogP contribution in [0, 0.1) is 17.2 Å². The van der Waals surface area contributed by atoms with Crippen molar-refractivity contribution in [3.05, 3.63) is 29.6 Å². The van der Waals surface area contributed by atoms with Crippen molar-refractivity contribution in [1.82, 2.24) is 9.88 Å². The quantitative estimate of drug-likeness (QED) is 0.790. The molecule has 2 unspecified atom stereocenters. The Morgan fingerprint density at radius 3 is 2.89 bits per heavy atom. The van der Waals surface area contributed by atoms with E-state index in [1.54, 1.807) is 17.0 Å². The number of aromatic nitrogens is 1. The zero-order chi connectivity index (χ0) is 13.1. The number of carbonyl (C=O) groups excluding carboxylic acids is 1. The smallest absolute Gasteiger partial charge is 0.272 e. The molecule has 0 aromatic carbocycles. The maximum absolute atomic E-state index is 12.2. The van der Waals surface area contributed by atoms with Crippen LogP contribution < -0.4 is 5.73 Å². The van der Waals surface area contributed by atoms with Crippen molar-refractivity contribution in [1.29, 1.82) is 5.26 Å². The van der Waals surface area contributed by atoms with E-state index in [9.17, 15) is 4.79 Å². The van der Waals surface area contributed by atoms with Gasteiger partial charge in [0, 0.05) is 25.3 Å². The van der Waals surface area contributed by atoms with Gasteiger partial charge in [0.15, 0.2) is 0 Å². The van der Waals surface area contributed by atoms with Crippen LogP contribution in [0.4, 0.5) is 0 Å². The number of likely N-dealkylation sites (tertiary alicyclic amines) is 1. The van der Waals surface area contributed by atoms with Gasteiger partial charge in [0.05, 0.1) is 5.56 Å². The summed E-state index contributed by atoms with van der Waals surface area (Å²) in [7, 11) is 0. The highest BCUT2D eigenvalue weighted by atomic mass is 16.2. The largest absolute Gasteiger partial charge is 0.335 e. The van der Waals surface area contributed by atoms with Crippen molar-refractivity contribution in [2.24, 2.45) is 11.7 Å². The normalized spacial score (nSPS) is 23.5. The number of pyridine rings is 1. The Kier molecular flexibility index (Phi) is 3.58. The number of hydrogen-bond acceptors (Lipinski definition) is 4. The first-order valence-electron chi connectivity index (χ1n) is 6.01. The van der Waals surface area contributed by atoms with E-state index in [0.29, 0.717) is 30.3 Å². The Balaban J connectivity index is 2.12. The Hall–Kier alpha value is -1.93. The van der Waals surface area contributed by atoms with Crippen LogP contribution in [0.25, 0.3) is 0 Å². The van der Waals surface area contributed by atoms with Crippen molar-refractivity contribution in [2.75, 3.05) is 13.1 Å². The van der Waals surface area contributed by atoms with Gasteiger partial charge in [-0.3, -0.25) is 4.79 Å². The third kappa shape index (κ3) is 2.66. The molecule has 1 aliphatic heterocycles. The number of hydrogen-bond donors (Lipinski definition) is 1. The summed E-state index contributed by atoms with van der Waals surface area (Å²) in [4.78, 5) is 18.0. The fourth-order valence-corrected chi connectivity index (χ4v) is 2.31. The molecule has 0 bridgehead atoms. The summed E-state index contributed by atoms with van der Waals surface area (Å²) >= 11 is 0. The number of nitrogens with two attached hydrogens (primary N) is 1. The number of carbonyl (C=O) groups is 1. The topological polar surface area (TPSA) is 83.0 Å². The summed E-state index contributed by atoms with van der Waals surface area (Å²) in [6.45, 7) is 3.38.